The number of aromatic nitrogens is 2. The molecule has 2 rings (SSSR count). The topological polar surface area (TPSA) is 143 Å². The Bertz CT molecular complexity index is 702. The number of hydrogen-bond acceptors (Lipinski definition) is 9. The van der Waals surface area contributed by atoms with E-state index in [-0.39, 0.29) is 5.82 Å². The average molecular weight is 341 g/mol. The van der Waals surface area contributed by atoms with Gasteiger partial charge in [-0.2, -0.15) is 4.98 Å². The van der Waals surface area contributed by atoms with Gasteiger partial charge >= 0.3 is 17.6 Å². The number of nitrogens with zero attached hydrogens (tertiary/aromatic N) is 2. The molecule has 24 heavy (non-hydrogen) atoms. The lowest BCUT2D eigenvalue weighted by molar-refractivity contribution is -0.165. The number of aliphatic hydroxyl groups excluding tert-OH is 1. The van der Waals surface area contributed by atoms with E-state index >= 15 is 0 Å². The molecule has 1 fully saturated rings. The summed E-state index contributed by atoms with van der Waals surface area (Å²) in [5.74, 6) is -1.23. The fraction of sp³-hybridized carbons (Fsp3) is 0.571. The first-order chi connectivity index (χ1) is 11.2. The van der Waals surface area contributed by atoms with Crippen LogP contribution >= 0.6 is 0 Å². The van der Waals surface area contributed by atoms with Crippen LogP contribution in [0.25, 0.3) is 0 Å². The van der Waals surface area contributed by atoms with E-state index in [1.165, 1.54) is 20.0 Å². The van der Waals surface area contributed by atoms with E-state index in [0.29, 0.717) is 5.56 Å². The molecule has 10 nitrogen and oxygen atoms in total. The highest BCUT2D eigenvalue weighted by atomic mass is 16.6. The van der Waals surface area contributed by atoms with Crippen LogP contribution in [0.4, 0.5) is 5.82 Å². The van der Waals surface area contributed by atoms with Crippen molar-refractivity contribution in [3.05, 3.63) is 22.2 Å². The number of rotatable bonds is 4. The van der Waals surface area contributed by atoms with Crippen molar-refractivity contribution in [3.63, 3.8) is 0 Å². The summed E-state index contributed by atoms with van der Waals surface area (Å²) in [5.41, 5.74) is 5.38. The fourth-order valence-electron chi connectivity index (χ4n) is 2.49. The van der Waals surface area contributed by atoms with Crippen LogP contribution in [0.2, 0.25) is 0 Å². The highest BCUT2D eigenvalue weighted by molar-refractivity contribution is 5.67. The molecule has 0 saturated carbocycles. The van der Waals surface area contributed by atoms with Crippen LogP contribution in [0.3, 0.4) is 0 Å². The Morgan fingerprint density at radius 3 is 2.46 bits per heavy atom. The third-order valence-electron chi connectivity index (χ3n) is 3.52. The lowest BCUT2D eigenvalue weighted by Gasteiger charge is -2.23. The van der Waals surface area contributed by atoms with Gasteiger partial charge in [0.25, 0.3) is 0 Å². The maximum absolute atomic E-state index is 12.1. The van der Waals surface area contributed by atoms with Crippen LogP contribution in [-0.2, 0) is 23.8 Å². The minimum atomic E-state index is -1.12. The van der Waals surface area contributed by atoms with Crippen LogP contribution in [0.5, 0.6) is 0 Å². The normalized spacial score (nSPS) is 26.2. The largest absolute Gasteiger partial charge is 0.456 e. The molecule has 1 aliphatic rings. The summed E-state index contributed by atoms with van der Waals surface area (Å²) in [5, 5.41) is 9.45. The molecule has 1 aromatic heterocycles. The zero-order valence-electron chi connectivity index (χ0n) is 13.5. The first-order valence-corrected chi connectivity index (χ1v) is 7.20. The van der Waals surface area contributed by atoms with Crippen molar-refractivity contribution in [3.8, 4) is 0 Å². The molecule has 0 aromatic carbocycles. The number of nitrogens with two attached hydrogens (primary N) is 1. The van der Waals surface area contributed by atoms with Crippen molar-refractivity contribution in [2.75, 3.05) is 12.3 Å². The zero-order valence-corrected chi connectivity index (χ0v) is 13.5. The molecule has 0 unspecified atom stereocenters. The van der Waals surface area contributed by atoms with Crippen molar-refractivity contribution < 1.29 is 28.9 Å². The Hall–Kier alpha value is -2.46. The molecular weight excluding hydrogens is 322 g/mol. The van der Waals surface area contributed by atoms with Crippen LogP contribution in [0.1, 0.15) is 25.6 Å². The van der Waals surface area contributed by atoms with Gasteiger partial charge in [0.15, 0.2) is 18.4 Å². The van der Waals surface area contributed by atoms with Crippen LogP contribution in [-0.4, -0.2) is 51.5 Å². The standard InChI is InChI=1S/C14H19N3O7/c1-6-4-17(14(21)16-12(6)15)13-11(23-8(3)20)10(22-7(2)19)9(5-18)24-13/h4,9-11,13,18H,5H2,1-3H3,(H2,15,16,21)/t9-,10-,11-,13-/m1/s1. The van der Waals surface area contributed by atoms with Gasteiger partial charge in [-0.3, -0.25) is 14.2 Å². The molecule has 132 valence electrons. The second-order valence-corrected chi connectivity index (χ2v) is 5.39. The van der Waals surface area contributed by atoms with Crippen molar-refractivity contribution in [2.45, 2.75) is 45.3 Å². The SMILES string of the molecule is CC(=O)O[C@@H]1[C@H](OC(C)=O)[C@@H](CO)O[C@H]1n1cc(C)c(N)nc1=O. The predicted octanol–water partition coefficient (Wildman–Crippen LogP) is -1.11. The summed E-state index contributed by atoms with van der Waals surface area (Å²) in [6.07, 6.45) is -2.86. The summed E-state index contributed by atoms with van der Waals surface area (Å²) in [7, 11) is 0. The number of aryl methyl sites for hydroxylation is 1. The van der Waals surface area contributed by atoms with Gasteiger partial charge in [0.2, 0.25) is 0 Å². The van der Waals surface area contributed by atoms with E-state index in [0.717, 1.165) is 4.57 Å². The third-order valence-corrected chi connectivity index (χ3v) is 3.52. The Kier molecular flexibility index (Phi) is 5.20. The fourth-order valence-corrected chi connectivity index (χ4v) is 2.49. The highest BCUT2D eigenvalue weighted by Crippen LogP contribution is 2.33. The molecule has 1 saturated heterocycles. The van der Waals surface area contributed by atoms with E-state index in [1.54, 1.807) is 6.92 Å². The third kappa shape index (κ3) is 3.54. The summed E-state index contributed by atoms with van der Waals surface area (Å²) in [6, 6.07) is 0. The van der Waals surface area contributed by atoms with Gasteiger partial charge in [0.1, 0.15) is 11.9 Å². The number of ether oxygens (including phenoxy) is 3. The predicted molar refractivity (Wildman–Crippen MR) is 79.8 cm³/mol. The number of nitrogen functional groups attached to an aromatic ring is 1. The highest BCUT2D eigenvalue weighted by Gasteiger charge is 2.50. The smallest absolute Gasteiger partial charge is 0.351 e. The molecule has 1 aromatic rings. The monoisotopic (exact) mass is 341 g/mol. The van der Waals surface area contributed by atoms with E-state index < -0.39 is 48.8 Å². The van der Waals surface area contributed by atoms with E-state index in [9.17, 15) is 19.5 Å². The Morgan fingerprint density at radius 1 is 1.33 bits per heavy atom. The van der Waals surface area contributed by atoms with Crippen molar-refractivity contribution in [1.29, 1.82) is 0 Å². The molecule has 3 N–H and O–H groups in total. The first-order valence-electron chi connectivity index (χ1n) is 7.20. The molecule has 0 bridgehead atoms. The van der Waals surface area contributed by atoms with Gasteiger partial charge in [-0.15, -0.1) is 0 Å². The number of aliphatic hydroxyl groups is 1. The molecule has 2 heterocycles. The van der Waals surface area contributed by atoms with E-state index in [4.69, 9.17) is 19.9 Å². The second kappa shape index (κ2) is 6.97. The maximum atomic E-state index is 12.1. The van der Waals surface area contributed by atoms with Crippen LogP contribution < -0.4 is 11.4 Å². The van der Waals surface area contributed by atoms with E-state index in [1.807, 2.05) is 0 Å². The van der Waals surface area contributed by atoms with Gasteiger partial charge in [-0.05, 0) is 6.92 Å². The summed E-state index contributed by atoms with van der Waals surface area (Å²) >= 11 is 0. The van der Waals surface area contributed by atoms with Crippen molar-refractivity contribution in [2.24, 2.45) is 0 Å². The van der Waals surface area contributed by atoms with Crippen LogP contribution in [0.15, 0.2) is 11.0 Å². The minimum Gasteiger partial charge on any atom is -0.456 e. The molecule has 1 aliphatic heterocycles. The molecule has 4 atom stereocenters. The molecule has 0 amide bonds. The number of carbonyl (C=O) groups is 2. The van der Waals surface area contributed by atoms with Gasteiger partial charge in [-0.25, -0.2) is 4.79 Å². The number of esters is 2. The maximum Gasteiger partial charge on any atom is 0.351 e. The Balaban J connectivity index is 2.46. The van der Waals surface area contributed by atoms with E-state index in [2.05, 4.69) is 4.98 Å². The number of carbonyl (C=O) groups excluding carboxylic acids is 2. The molecule has 10 heteroatoms. The number of hydrogen-bond donors (Lipinski definition) is 2. The van der Waals surface area contributed by atoms with Crippen molar-refractivity contribution in [1.82, 2.24) is 9.55 Å². The summed E-state index contributed by atoms with van der Waals surface area (Å²) in [4.78, 5) is 38.5. The van der Waals surface area contributed by atoms with Gasteiger partial charge in [-0.1, -0.05) is 0 Å². The molecular formula is C14H19N3O7. The molecule has 0 spiro atoms. The second-order valence-electron chi connectivity index (χ2n) is 5.39. The zero-order chi connectivity index (χ0) is 18.0. The van der Waals surface area contributed by atoms with Crippen molar-refractivity contribution >= 4 is 17.8 Å². The summed E-state index contributed by atoms with van der Waals surface area (Å²) in [6.45, 7) is 3.49. The van der Waals surface area contributed by atoms with Gasteiger partial charge in [0, 0.05) is 25.6 Å². The van der Waals surface area contributed by atoms with Crippen LogP contribution in [0, 0.1) is 6.92 Å². The van der Waals surface area contributed by atoms with Gasteiger partial charge < -0.3 is 25.1 Å². The average Bonchev–Trinajstić information content (AvgIpc) is 2.79. The Morgan fingerprint density at radius 2 is 1.92 bits per heavy atom. The lowest BCUT2D eigenvalue weighted by atomic mass is 10.1. The first kappa shape index (κ1) is 17.9. The molecule has 0 aliphatic carbocycles. The quantitative estimate of drug-likeness (QED) is 0.651. The molecule has 0 radical (unpaired) electrons. The summed E-state index contributed by atoms with van der Waals surface area (Å²) < 4.78 is 17.0. The number of anilines is 1. The van der Waals surface area contributed by atoms with Gasteiger partial charge in [0.05, 0.1) is 6.61 Å². The Labute approximate surface area is 137 Å². The lowest BCUT2D eigenvalue weighted by Crippen LogP contribution is -2.41. The minimum absolute atomic E-state index is 0.0635.